The van der Waals surface area contributed by atoms with E-state index >= 15 is 0 Å². The number of rotatable bonds is 2. The minimum atomic E-state index is -0.436. The summed E-state index contributed by atoms with van der Waals surface area (Å²) < 4.78 is 81.7. The summed E-state index contributed by atoms with van der Waals surface area (Å²) in [6.45, 7) is 6.54. The largest absolute Gasteiger partial charge is 0.455 e. The minimum absolute atomic E-state index is 0.136. The normalized spacial score (nSPS) is 14.5. The molecule has 0 saturated carbocycles. The van der Waals surface area contributed by atoms with Gasteiger partial charge in [-0.1, -0.05) is 172 Å². The van der Waals surface area contributed by atoms with Crippen molar-refractivity contribution < 1.29 is 15.4 Å². The molecule has 1 nitrogen and oxygen atoms in total. The summed E-state index contributed by atoms with van der Waals surface area (Å²) in [6, 6.07) is 35.1. The van der Waals surface area contributed by atoms with E-state index in [1.807, 2.05) is 97.1 Å². The molecule has 0 fully saturated rings. The Balaban J connectivity index is 1.39. The van der Waals surface area contributed by atoms with Crippen LogP contribution in [0.25, 0.3) is 109 Å². The van der Waals surface area contributed by atoms with E-state index in [2.05, 4.69) is 39.0 Å². The lowest BCUT2D eigenvalue weighted by molar-refractivity contribution is 0.596. The summed E-state index contributed by atoms with van der Waals surface area (Å²) in [6.07, 6.45) is 0. The lowest BCUT2D eigenvalue weighted by atomic mass is 9.81. The van der Waals surface area contributed by atoms with Crippen molar-refractivity contribution in [3.8, 4) is 22.3 Å². The molecule has 0 unspecified atom stereocenters. The van der Waals surface area contributed by atoms with E-state index < -0.39 is 24.2 Å². The maximum atomic E-state index is 9.68. The third-order valence-corrected chi connectivity index (χ3v) is 11.0. The molecule has 11 rings (SSSR count). The highest BCUT2D eigenvalue weighted by molar-refractivity contribution is 6.29. The highest BCUT2D eigenvalue weighted by atomic mass is 16.3. The molecule has 0 aliphatic rings. The van der Waals surface area contributed by atoms with Gasteiger partial charge in [-0.3, -0.25) is 0 Å². The van der Waals surface area contributed by atoms with Crippen LogP contribution >= 0.6 is 0 Å². The zero-order chi connectivity index (χ0) is 42.4. The van der Waals surface area contributed by atoms with Crippen molar-refractivity contribution >= 4 is 86.6 Å². The highest BCUT2D eigenvalue weighted by Gasteiger charge is 2.23. The fraction of sp³-hybridized carbons (Fsp3) is 0.0769. The van der Waals surface area contributed by atoms with E-state index in [-0.39, 0.29) is 51.1 Å². The van der Waals surface area contributed by atoms with E-state index in [1.165, 1.54) is 5.56 Å². The summed E-state index contributed by atoms with van der Waals surface area (Å²) in [5.74, 6) is 0. The topological polar surface area (TPSA) is 13.1 Å². The highest BCUT2D eigenvalue weighted by Crippen LogP contribution is 2.49. The lowest BCUT2D eigenvalue weighted by Crippen LogP contribution is -2.11. The molecule has 0 aliphatic carbocycles. The second-order valence-corrected chi connectivity index (χ2v) is 15.0. The molecule has 1 aromatic heterocycles. The zero-order valence-electron chi connectivity index (χ0n) is 37.4. The molecular weight excluding hydrogens is 641 g/mol. The monoisotopic (exact) mass is 684 g/mol. The summed E-state index contributed by atoms with van der Waals surface area (Å²) in [7, 11) is 0. The van der Waals surface area contributed by atoms with E-state index in [0.717, 1.165) is 48.5 Å². The molecule has 0 amide bonds. The smallest absolute Gasteiger partial charge is 0.143 e. The van der Waals surface area contributed by atoms with Crippen molar-refractivity contribution in [1.82, 2.24) is 0 Å². The van der Waals surface area contributed by atoms with Crippen LogP contribution < -0.4 is 0 Å². The fourth-order valence-corrected chi connectivity index (χ4v) is 8.69. The Morgan fingerprint density at radius 3 is 1.58 bits per heavy atom. The first kappa shape index (κ1) is 23.2. The quantitative estimate of drug-likeness (QED) is 0.130. The maximum Gasteiger partial charge on any atom is 0.143 e. The molecule has 0 N–H and O–H groups in total. The molecule has 0 radical (unpaired) electrons. The van der Waals surface area contributed by atoms with Crippen molar-refractivity contribution in [2.24, 2.45) is 0 Å². The Hall–Kier alpha value is -6.44. The summed E-state index contributed by atoms with van der Waals surface area (Å²) in [4.78, 5) is 0. The molecule has 53 heavy (non-hydrogen) atoms. The molecule has 0 saturated heterocycles. The molecular formula is C52H36O. The van der Waals surface area contributed by atoms with Crippen LogP contribution in [0.2, 0.25) is 0 Å². The van der Waals surface area contributed by atoms with Crippen LogP contribution in [0.3, 0.4) is 0 Å². The average molecular weight is 685 g/mol. The van der Waals surface area contributed by atoms with Gasteiger partial charge in [0.05, 0.1) is 11.0 Å². The number of hydrogen-bond donors (Lipinski definition) is 0. The second kappa shape index (κ2) is 11.0. The van der Waals surface area contributed by atoms with Gasteiger partial charge in [-0.15, -0.1) is 0 Å². The summed E-state index contributed by atoms with van der Waals surface area (Å²) >= 11 is 0. The first-order valence-corrected chi connectivity index (χ1v) is 17.9. The zero-order valence-corrected chi connectivity index (χ0v) is 29.4. The van der Waals surface area contributed by atoms with Gasteiger partial charge in [0, 0.05) is 21.5 Å². The van der Waals surface area contributed by atoms with Gasteiger partial charge >= 0.3 is 0 Å². The molecule has 0 spiro atoms. The number of fused-ring (bicyclic) bond motifs is 12. The standard InChI is InChI=1S/C52H36O/c1-52(2,3)47-25-13-23-34-33-22-12-24-38(36(33)28-29-37(34)47)48-39-17-7-9-19-41(39)49(42-20-10-8-18-40(42)48)45-30-46-44-27-26-31-14-4-5-15-32(31)50(44)53-51(46)43-21-11-6-16-35(43)45/h4-30H,1-3H3/i7D,8D,9D,10D,17D,18D,19D,20D. The van der Waals surface area contributed by atoms with Crippen LogP contribution in [0.4, 0.5) is 0 Å². The average Bonchev–Trinajstić information content (AvgIpc) is 3.66. The Bertz CT molecular complexity index is 3700. The van der Waals surface area contributed by atoms with Gasteiger partial charge < -0.3 is 4.42 Å². The van der Waals surface area contributed by atoms with Gasteiger partial charge in [0.25, 0.3) is 0 Å². The van der Waals surface area contributed by atoms with E-state index in [4.69, 9.17) is 9.90 Å². The van der Waals surface area contributed by atoms with E-state index in [9.17, 15) is 5.48 Å². The molecule has 10 aromatic carbocycles. The predicted octanol–water partition coefficient (Wildman–Crippen LogP) is 15.1. The molecule has 0 atom stereocenters. The first-order chi connectivity index (χ1) is 29.3. The SMILES string of the molecule is [2H]c1c([2H])c([2H])c2c(-c3cc4c5ccc6ccccc6c5oc4c4ccccc34)c3c([2H])c([2H])c([2H])c([2H])c3c(-c3cccc4c3ccc3c(C(C)(C)C)cccc34)c2c1[2H]. The van der Waals surface area contributed by atoms with Gasteiger partial charge in [-0.25, -0.2) is 0 Å². The second-order valence-electron chi connectivity index (χ2n) is 15.0. The van der Waals surface area contributed by atoms with Crippen LogP contribution in [-0.2, 0) is 5.41 Å². The minimum Gasteiger partial charge on any atom is -0.455 e. The molecule has 1 heteroatoms. The van der Waals surface area contributed by atoms with Gasteiger partial charge in [0.1, 0.15) is 11.2 Å². The third-order valence-electron chi connectivity index (χ3n) is 11.0. The van der Waals surface area contributed by atoms with Crippen LogP contribution in [0.5, 0.6) is 0 Å². The van der Waals surface area contributed by atoms with Crippen LogP contribution in [0, 0.1) is 0 Å². The van der Waals surface area contributed by atoms with Crippen molar-refractivity contribution in [2.75, 3.05) is 0 Å². The van der Waals surface area contributed by atoms with Crippen LogP contribution in [-0.4, -0.2) is 0 Å². The number of furan rings is 1. The van der Waals surface area contributed by atoms with Gasteiger partial charge in [0.15, 0.2) is 0 Å². The predicted molar refractivity (Wildman–Crippen MR) is 228 cm³/mol. The Morgan fingerprint density at radius 1 is 0.396 bits per heavy atom. The molecule has 0 aliphatic heterocycles. The Labute approximate surface area is 318 Å². The van der Waals surface area contributed by atoms with Gasteiger partial charge in [-0.2, -0.15) is 0 Å². The molecule has 1 heterocycles. The van der Waals surface area contributed by atoms with Gasteiger partial charge in [-0.05, 0) is 99.2 Å². The third kappa shape index (κ3) is 4.31. The van der Waals surface area contributed by atoms with Crippen LogP contribution in [0.15, 0.2) is 168 Å². The Morgan fingerprint density at radius 2 is 0.887 bits per heavy atom. The molecule has 11 aromatic rings. The lowest BCUT2D eigenvalue weighted by Gasteiger charge is -2.23. The Kier molecular flexibility index (Phi) is 4.83. The van der Waals surface area contributed by atoms with Crippen molar-refractivity contribution in [3.63, 3.8) is 0 Å². The van der Waals surface area contributed by atoms with Crippen molar-refractivity contribution in [3.05, 3.63) is 169 Å². The van der Waals surface area contributed by atoms with E-state index in [0.29, 0.717) is 38.8 Å². The van der Waals surface area contributed by atoms with E-state index in [1.54, 1.807) is 0 Å². The molecule has 250 valence electrons. The maximum absolute atomic E-state index is 9.68. The van der Waals surface area contributed by atoms with Gasteiger partial charge in [0.2, 0.25) is 0 Å². The van der Waals surface area contributed by atoms with Crippen molar-refractivity contribution in [1.29, 1.82) is 0 Å². The summed E-state index contributed by atoms with van der Waals surface area (Å²) in [5, 5.41) is 9.60. The van der Waals surface area contributed by atoms with Crippen molar-refractivity contribution in [2.45, 2.75) is 26.2 Å². The fourth-order valence-electron chi connectivity index (χ4n) is 8.69. The molecule has 0 bridgehead atoms. The number of hydrogen-bond acceptors (Lipinski definition) is 1. The summed E-state index contributed by atoms with van der Waals surface area (Å²) in [5.41, 5.74) is 4.21. The first-order valence-electron chi connectivity index (χ1n) is 21.9. The van der Waals surface area contributed by atoms with Crippen LogP contribution in [0.1, 0.15) is 37.3 Å². The number of benzene rings is 10.